The fourth-order valence-electron chi connectivity index (χ4n) is 3.04. The number of hydrogen-bond acceptors (Lipinski definition) is 6. The molecule has 0 bridgehead atoms. The molecular weight excluding hydrogens is 370 g/mol. The molecule has 1 atom stereocenters. The van der Waals surface area contributed by atoms with Gasteiger partial charge in [0.25, 0.3) is 11.8 Å². The number of methoxy groups -OCH3 is 1. The van der Waals surface area contributed by atoms with Gasteiger partial charge in [0, 0.05) is 16.5 Å². The summed E-state index contributed by atoms with van der Waals surface area (Å²) in [4.78, 5) is 36.7. The molecule has 2 aromatic rings. The molecule has 3 rings (SSSR count). The van der Waals surface area contributed by atoms with E-state index in [1.807, 2.05) is 6.07 Å². The van der Waals surface area contributed by atoms with E-state index < -0.39 is 16.7 Å². The molecule has 1 aliphatic rings. The number of hydrazine groups is 1. The number of hydrogen-bond donors (Lipinski definition) is 2. The topological polar surface area (TPSA) is 111 Å². The molecule has 9 heteroatoms. The van der Waals surface area contributed by atoms with Gasteiger partial charge in [-0.15, -0.1) is 11.3 Å². The van der Waals surface area contributed by atoms with Gasteiger partial charge in [-0.3, -0.25) is 30.6 Å². The minimum atomic E-state index is -0.649. The van der Waals surface area contributed by atoms with Crippen molar-refractivity contribution in [2.45, 2.75) is 26.2 Å². The zero-order chi connectivity index (χ0) is 19.6. The van der Waals surface area contributed by atoms with Crippen LogP contribution in [0.15, 0.2) is 24.3 Å². The summed E-state index contributed by atoms with van der Waals surface area (Å²) in [5, 5.41) is 11.1. The smallest absolute Gasteiger partial charge is 0.311 e. The van der Waals surface area contributed by atoms with Gasteiger partial charge in [-0.25, -0.2) is 0 Å². The van der Waals surface area contributed by atoms with Gasteiger partial charge >= 0.3 is 5.69 Å². The fourth-order valence-corrected chi connectivity index (χ4v) is 4.14. The minimum Gasteiger partial charge on any atom is -0.490 e. The molecular formula is C18H19N3O5S. The van der Waals surface area contributed by atoms with E-state index in [0.29, 0.717) is 10.8 Å². The Kier molecular flexibility index (Phi) is 5.41. The van der Waals surface area contributed by atoms with Crippen LogP contribution in [0.4, 0.5) is 5.69 Å². The van der Waals surface area contributed by atoms with Gasteiger partial charge in [-0.2, -0.15) is 0 Å². The first kappa shape index (κ1) is 18.8. The lowest BCUT2D eigenvalue weighted by molar-refractivity contribution is -0.385. The Balaban J connectivity index is 1.66. The molecule has 0 saturated heterocycles. The third-order valence-electron chi connectivity index (χ3n) is 4.48. The average molecular weight is 389 g/mol. The molecule has 1 aromatic carbocycles. The lowest BCUT2D eigenvalue weighted by Gasteiger charge is -2.16. The number of nitrogens with one attached hydrogen (secondary N) is 2. The summed E-state index contributed by atoms with van der Waals surface area (Å²) in [5.41, 5.74) is 5.58. The van der Waals surface area contributed by atoms with E-state index in [1.54, 1.807) is 0 Å². The van der Waals surface area contributed by atoms with Crippen molar-refractivity contribution in [3.05, 3.63) is 55.3 Å². The number of carbonyl (C=O) groups is 2. The zero-order valence-corrected chi connectivity index (χ0v) is 15.7. The molecule has 0 spiro atoms. The Hall–Kier alpha value is -2.94. The summed E-state index contributed by atoms with van der Waals surface area (Å²) < 4.78 is 4.90. The quantitative estimate of drug-likeness (QED) is 0.617. The normalized spacial score (nSPS) is 15.6. The second-order valence-electron chi connectivity index (χ2n) is 6.46. The van der Waals surface area contributed by atoms with Crippen LogP contribution < -0.4 is 15.6 Å². The van der Waals surface area contributed by atoms with Crippen molar-refractivity contribution in [3.63, 3.8) is 0 Å². The Morgan fingerprint density at radius 2 is 2.00 bits per heavy atom. The van der Waals surface area contributed by atoms with Crippen LogP contribution in [0.3, 0.4) is 0 Å². The number of amides is 2. The number of carbonyl (C=O) groups excluding carboxylic acids is 2. The first-order valence-electron chi connectivity index (χ1n) is 8.43. The maximum atomic E-state index is 12.3. The highest BCUT2D eigenvalue weighted by atomic mass is 32.1. The second kappa shape index (κ2) is 7.75. The SMILES string of the molecule is COc1ccc(C(=O)NNC(=O)c2cc3c(s2)CCC(C)C3)cc1[N+](=O)[O-]. The second-order valence-corrected chi connectivity index (χ2v) is 7.60. The van der Waals surface area contributed by atoms with Gasteiger partial charge in [0.15, 0.2) is 5.75 Å². The largest absolute Gasteiger partial charge is 0.490 e. The Labute approximate surface area is 159 Å². The number of nitro groups is 1. The van der Waals surface area contributed by atoms with Crippen LogP contribution in [-0.2, 0) is 12.8 Å². The summed E-state index contributed by atoms with van der Waals surface area (Å²) in [7, 11) is 1.31. The molecule has 1 unspecified atom stereocenters. The molecule has 142 valence electrons. The highest BCUT2D eigenvalue weighted by molar-refractivity contribution is 7.14. The molecule has 0 radical (unpaired) electrons. The van der Waals surface area contributed by atoms with Gasteiger partial charge in [-0.1, -0.05) is 6.92 Å². The van der Waals surface area contributed by atoms with E-state index >= 15 is 0 Å². The van der Waals surface area contributed by atoms with Crippen LogP contribution in [0, 0.1) is 16.0 Å². The molecule has 2 N–H and O–H groups in total. The van der Waals surface area contributed by atoms with Gasteiger partial charge in [0.05, 0.1) is 16.9 Å². The van der Waals surface area contributed by atoms with Gasteiger partial charge in [0.1, 0.15) is 0 Å². The molecule has 1 aliphatic carbocycles. The number of nitro benzene ring substituents is 1. The van der Waals surface area contributed by atoms with Crippen LogP contribution in [0.5, 0.6) is 5.75 Å². The van der Waals surface area contributed by atoms with Crippen molar-refractivity contribution in [1.82, 2.24) is 10.9 Å². The van der Waals surface area contributed by atoms with Crippen molar-refractivity contribution >= 4 is 28.8 Å². The molecule has 0 aliphatic heterocycles. The van der Waals surface area contributed by atoms with Crippen molar-refractivity contribution < 1.29 is 19.2 Å². The number of benzene rings is 1. The molecule has 27 heavy (non-hydrogen) atoms. The summed E-state index contributed by atoms with van der Waals surface area (Å²) in [6.45, 7) is 2.19. The van der Waals surface area contributed by atoms with E-state index in [1.165, 1.54) is 41.0 Å². The van der Waals surface area contributed by atoms with E-state index in [4.69, 9.17) is 4.74 Å². The summed E-state index contributed by atoms with van der Waals surface area (Å²) in [6, 6.07) is 5.70. The van der Waals surface area contributed by atoms with Crippen molar-refractivity contribution in [3.8, 4) is 5.75 Å². The summed E-state index contributed by atoms with van der Waals surface area (Å²) in [6.07, 6.45) is 3.04. The summed E-state index contributed by atoms with van der Waals surface area (Å²) in [5.74, 6) is -0.394. The number of aryl methyl sites for hydroxylation is 1. The number of rotatable bonds is 4. The number of ether oxygens (including phenoxy) is 1. The Bertz CT molecular complexity index is 908. The molecule has 1 heterocycles. The third-order valence-corrected chi connectivity index (χ3v) is 5.72. The predicted molar refractivity (Wildman–Crippen MR) is 100 cm³/mol. The first-order chi connectivity index (χ1) is 12.9. The maximum Gasteiger partial charge on any atom is 0.311 e. The molecule has 2 amide bonds. The molecule has 0 saturated carbocycles. The molecule has 1 aromatic heterocycles. The third kappa shape index (κ3) is 4.08. The Morgan fingerprint density at radius 1 is 1.26 bits per heavy atom. The van der Waals surface area contributed by atoms with Crippen LogP contribution in [-0.4, -0.2) is 23.8 Å². The van der Waals surface area contributed by atoms with Gasteiger partial charge < -0.3 is 4.74 Å². The molecule has 8 nitrogen and oxygen atoms in total. The number of fused-ring (bicyclic) bond motifs is 1. The van der Waals surface area contributed by atoms with Crippen LogP contribution in [0.2, 0.25) is 0 Å². The number of thiophene rings is 1. The minimum absolute atomic E-state index is 0.0436. The van der Waals surface area contributed by atoms with Crippen molar-refractivity contribution in [1.29, 1.82) is 0 Å². The van der Waals surface area contributed by atoms with Crippen LogP contribution in [0.25, 0.3) is 0 Å². The lowest BCUT2D eigenvalue weighted by Crippen LogP contribution is -2.41. The van der Waals surface area contributed by atoms with Crippen LogP contribution >= 0.6 is 11.3 Å². The van der Waals surface area contributed by atoms with E-state index in [0.717, 1.165) is 25.3 Å². The highest BCUT2D eigenvalue weighted by Crippen LogP contribution is 2.32. The fraction of sp³-hybridized carbons (Fsp3) is 0.333. The monoisotopic (exact) mass is 389 g/mol. The first-order valence-corrected chi connectivity index (χ1v) is 9.25. The standard InChI is InChI=1S/C18H19N3O5S/c1-10-3-6-15-12(7-10)9-16(27-15)18(23)20-19-17(22)11-4-5-14(26-2)13(8-11)21(24)25/h4-5,8-10H,3,6-7H2,1-2H3,(H,19,22)(H,20,23). The van der Waals surface area contributed by atoms with Crippen molar-refractivity contribution in [2.75, 3.05) is 7.11 Å². The zero-order valence-electron chi connectivity index (χ0n) is 14.9. The highest BCUT2D eigenvalue weighted by Gasteiger charge is 2.22. The van der Waals surface area contributed by atoms with Crippen molar-refractivity contribution in [2.24, 2.45) is 5.92 Å². The van der Waals surface area contributed by atoms with E-state index in [9.17, 15) is 19.7 Å². The average Bonchev–Trinajstić information content (AvgIpc) is 3.08. The van der Waals surface area contributed by atoms with Gasteiger partial charge in [0.2, 0.25) is 0 Å². The maximum absolute atomic E-state index is 12.3. The summed E-state index contributed by atoms with van der Waals surface area (Å²) >= 11 is 1.44. The van der Waals surface area contributed by atoms with Gasteiger partial charge in [-0.05, 0) is 48.9 Å². The predicted octanol–water partition coefficient (Wildman–Crippen LogP) is 2.86. The Morgan fingerprint density at radius 3 is 2.70 bits per heavy atom. The number of nitrogens with zero attached hydrogens (tertiary/aromatic N) is 1. The van der Waals surface area contributed by atoms with Crippen LogP contribution in [0.1, 0.15) is 43.8 Å². The lowest BCUT2D eigenvalue weighted by atomic mass is 9.90. The van der Waals surface area contributed by atoms with E-state index in [-0.39, 0.29) is 17.0 Å². The van der Waals surface area contributed by atoms with E-state index in [2.05, 4.69) is 17.8 Å². The molecule has 0 fully saturated rings.